The van der Waals surface area contributed by atoms with Crippen molar-refractivity contribution in [3.8, 4) is 5.75 Å². The second kappa shape index (κ2) is 7.44. The summed E-state index contributed by atoms with van der Waals surface area (Å²) in [5, 5.41) is 9.92. The highest BCUT2D eigenvalue weighted by atomic mass is 35.5. The van der Waals surface area contributed by atoms with E-state index in [1.165, 1.54) is 17.7 Å². The van der Waals surface area contributed by atoms with Crippen LogP contribution in [0, 0.1) is 6.92 Å². The second-order valence-corrected chi connectivity index (χ2v) is 6.76. The Labute approximate surface area is 168 Å². The molecule has 0 amide bonds. The first-order valence-electron chi connectivity index (χ1n) is 8.35. The van der Waals surface area contributed by atoms with E-state index in [0.717, 1.165) is 24.3 Å². The third-order valence-electron chi connectivity index (χ3n) is 4.60. The van der Waals surface area contributed by atoms with Gasteiger partial charge in [-0.1, -0.05) is 11.6 Å². The van der Waals surface area contributed by atoms with Gasteiger partial charge >= 0.3 is 12.1 Å². The molecule has 152 valence electrons. The number of nitrogens with zero attached hydrogens (tertiary/aromatic N) is 1. The summed E-state index contributed by atoms with van der Waals surface area (Å²) in [6.07, 6.45) is -4.86. The van der Waals surface area contributed by atoms with Crippen LogP contribution >= 0.6 is 11.6 Å². The molecule has 2 aromatic carbocycles. The highest BCUT2D eigenvalue weighted by Gasteiger charge is 2.30. The van der Waals surface area contributed by atoms with Crippen molar-refractivity contribution in [3.05, 3.63) is 63.8 Å². The number of rotatable bonds is 4. The number of benzene rings is 2. The fourth-order valence-corrected chi connectivity index (χ4v) is 3.44. The number of carbonyl (C=O) groups excluding carboxylic acids is 1. The molecule has 0 atom stereocenters. The molecule has 5 nitrogen and oxygen atoms in total. The topological polar surface area (TPSA) is 68.5 Å². The van der Waals surface area contributed by atoms with Crippen LogP contribution in [-0.4, -0.2) is 28.7 Å². The van der Waals surface area contributed by atoms with Crippen LogP contribution < -0.4 is 4.74 Å². The SMILES string of the molecule is COc1cc2c(CC(=O)O)c(C)n(C(=O)c3ccc(C(F)(F)F)cc3)c2cc1Cl. The molecule has 3 aromatic rings. The standard InChI is InChI=1S/C20H15ClF3NO4/c1-10-13(8-18(26)27)14-7-17(29-2)15(21)9-16(14)25(10)19(28)11-3-5-12(6-4-11)20(22,23)24/h3-7,9H,8H2,1-2H3,(H,26,27). The molecule has 0 aliphatic carbocycles. The molecule has 0 fully saturated rings. The number of carbonyl (C=O) groups is 2. The third-order valence-corrected chi connectivity index (χ3v) is 4.89. The van der Waals surface area contributed by atoms with Crippen molar-refractivity contribution >= 4 is 34.4 Å². The number of carboxylic acids is 1. The number of aromatic nitrogens is 1. The van der Waals surface area contributed by atoms with Gasteiger partial charge in [-0.15, -0.1) is 0 Å². The van der Waals surface area contributed by atoms with Crippen molar-refractivity contribution in [3.63, 3.8) is 0 Å². The van der Waals surface area contributed by atoms with E-state index in [4.69, 9.17) is 16.3 Å². The number of alkyl halides is 3. The molecular formula is C20H15ClF3NO4. The van der Waals surface area contributed by atoms with Crippen LogP contribution in [0.25, 0.3) is 10.9 Å². The summed E-state index contributed by atoms with van der Waals surface area (Å²) >= 11 is 6.17. The molecule has 0 unspecified atom stereocenters. The summed E-state index contributed by atoms with van der Waals surface area (Å²) in [6, 6.07) is 6.82. The van der Waals surface area contributed by atoms with E-state index in [9.17, 15) is 27.9 Å². The quantitative estimate of drug-likeness (QED) is 0.642. The van der Waals surface area contributed by atoms with E-state index in [1.54, 1.807) is 13.0 Å². The maximum absolute atomic E-state index is 13.1. The van der Waals surface area contributed by atoms with Crippen molar-refractivity contribution in [2.45, 2.75) is 19.5 Å². The fourth-order valence-electron chi connectivity index (χ4n) is 3.20. The lowest BCUT2D eigenvalue weighted by molar-refractivity contribution is -0.138. The molecule has 0 spiro atoms. The molecule has 0 aliphatic rings. The molecule has 0 aliphatic heterocycles. The molecule has 9 heteroatoms. The Morgan fingerprint density at radius 1 is 1.17 bits per heavy atom. The first-order valence-corrected chi connectivity index (χ1v) is 8.73. The molecule has 0 saturated carbocycles. The lowest BCUT2D eigenvalue weighted by Gasteiger charge is -2.10. The van der Waals surface area contributed by atoms with Gasteiger partial charge in [-0.3, -0.25) is 14.2 Å². The fraction of sp³-hybridized carbons (Fsp3) is 0.200. The first-order chi connectivity index (χ1) is 13.5. The van der Waals surface area contributed by atoms with Gasteiger partial charge in [0.1, 0.15) is 5.75 Å². The minimum Gasteiger partial charge on any atom is -0.495 e. The second-order valence-electron chi connectivity index (χ2n) is 6.35. The highest BCUT2D eigenvalue weighted by molar-refractivity contribution is 6.33. The van der Waals surface area contributed by atoms with E-state index in [1.807, 2.05) is 0 Å². The van der Waals surface area contributed by atoms with Crippen molar-refractivity contribution in [1.29, 1.82) is 0 Å². The molecule has 1 aromatic heterocycles. The van der Waals surface area contributed by atoms with Crippen LogP contribution in [0.2, 0.25) is 5.02 Å². The zero-order valence-corrected chi connectivity index (χ0v) is 16.1. The zero-order valence-electron chi connectivity index (χ0n) is 15.3. The molecule has 1 N–H and O–H groups in total. The number of carboxylic acid groups (broad SMARTS) is 1. The Bertz CT molecular complexity index is 1120. The minimum atomic E-state index is -4.52. The van der Waals surface area contributed by atoms with Crippen molar-refractivity contribution in [2.24, 2.45) is 0 Å². The van der Waals surface area contributed by atoms with Crippen LogP contribution in [-0.2, 0) is 17.4 Å². The molecule has 0 bridgehead atoms. The summed E-state index contributed by atoms with van der Waals surface area (Å²) in [5.74, 6) is -1.38. The van der Waals surface area contributed by atoms with Crippen LogP contribution in [0.5, 0.6) is 5.75 Å². The molecule has 1 heterocycles. The Kier molecular flexibility index (Phi) is 5.32. The minimum absolute atomic E-state index is 0.0202. The molecule has 3 rings (SSSR count). The lowest BCUT2D eigenvalue weighted by atomic mass is 10.1. The third kappa shape index (κ3) is 3.80. The Morgan fingerprint density at radius 3 is 2.31 bits per heavy atom. The number of halogens is 4. The van der Waals surface area contributed by atoms with E-state index in [2.05, 4.69) is 0 Å². The smallest absolute Gasteiger partial charge is 0.416 e. The van der Waals surface area contributed by atoms with Gasteiger partial charge in [0, 0.05) is 16.6 Å². The molecule has 0 saturated heterocycles. The summed E-state index contributed by atoms with van der Waals surface area (Å²) < 4.78 is 44.8. The van der Waals surface area contributed by atoms with Gasteiger partial charge in [-0.05, 0) is 48.9 Å². The lowest BCUT2D eigenvalue weighted by Crippen LogP contribution is -2.15. The van der Waals surface area contributed by atoms with E-state index < -0.39 is 23.6 Å². The molecule has 29 heavy (non-hydrogen) atoms. The number of methoxy groups -OCH3 is 1. The van der Waals surface area contributed by atoms with E-state index >= 15 is 0 Å². The maximum Gasteiger partial charge on any atom is 0.416 e. The average molecular weight is 426 g/mol. The van der Waals surface area contributed by atoms with E-state index in [0.29, 0.717) is 27.9 Å². The number of ether oxygens (including phenoxy) is 1. The predicted octanol–water partition coefficient (Wildman–Crippen LogP) is 4.95. The largest absolute Gasteiger partial charge is 0.495 e. The van der Waals surface area contributed by atoms with Gasteiger partial charge in [0.25, 0.3) is 5.91 Å². The maximum atomic E-state index is 13.1. The normalized spacial score (nSPS) is 11.7. The van der Waals surface area contributed by atoms with Gasteiger partial charge in [0.2, 0.25) is 0 Å². The summed E-state index contributed by atoms with van der Waals surface area (Å²) in [7, 11) is 1.40. The van der Waals surface area contributed by atoms with Crippen molar-refractivity contribution in [1.82, 2.24) is 4.57 Å². The van der Waals surface area contributed by atoms with E-state index in [-0.39, 0.29) is 17.0 Å². The molecular weight excluding hydrogens is 411 g/mol. The van der Waals surface area contributed by atoms with Crippen LogP contribution in [0.15, 0.2) is 36.4 Å². The number of hydrogen-bond donors (Lipinski definition) is 1. The average Bonchev–Trinajstić information content (AvgIpc) is 2.90. The molecule has 0 radical (unpaired) electrons. The monoisotopic (exact) mass is 425 g/mol. The highest BCUT2D eigenvalue weighted by Crippen LogP contribution is 2.36. The van der Waals surface area contributed by atoms with Crippen LogP contribution in [0.1, 0.15) is 27.2 Å². The predicted molar refractivity (Wildman–Crippen MR) is 101 cm³/mol. The van der Waals surface area contributed by atoms with Gasteiger partial charge in [-0.25, -0.2) is 0 Å². The van der Waals surface area contributed by atoms with Crippen LogP contribution in [0.3, 0.4) is 0 Å². The zero-order chi connectivity index (χ0) is 21.5. The summed E-state index contributed by atoms with van der Waals surface area (Å²) in [6.45, 7) is 1.57. The van der Waals surface area contributed by atoms with Crippen molar-refractivity contribution < 1.29 is 32.6 Å². The number of aliphatic carboxylic acids is 1. The summed E-state index contributed by atoms with van der Waals surface area (Å²) in [4.78, 5) is 24.4. The number of fused-ring (bicyclic) bond motifs is 1. The van der Waals surface area contributed by atoms with Gasteiger partial charge in [0.05, 0.1) is 29.6 Å². The van der Waals surface area contributed by atoms with Gasteiger partial charge < -0.3 is 9.84 Å². The van der Waals surface area contributed by atoms with Crippen LogP contribution in [0.4, 0.5) is 13.2 Å². The number of hydrogen-bond acceptors (Lipinski definition) is 3. The van der Waals surface area contributed by atoms with Gasteiger partial charge in [-0.2, -0.15) is 13.2 Å². The summed E-state index contributed by atoms with van der Waals surface area (Å²) in [5.41, 5.74) is 0.239. The van der Waals surface area contributed by atoms with Crippen molar-refractivity contribution in [2.75, 3.05) is 7.11 Å². The Balaban J connectivity index is 2.20. The van der Waals surface area contributed by atoms with Gasteiger partial charge in [0.15, 0.2) is 0 Å². The first kappa shape index (κ1) is 20.7. The Morgan fingerprint density at radius 2 is 1.79 bits per heavy atom. The Hall–Kier alpha value is -3.00.